The molecule has 0 radical (unpaired) electrons. The Balaban J connectivity index is 2.96. The molecule has 0 amide bonds. The predicted octanol–water partition coefficient (Wildman–Crippen LogP) is 4.61. The molecule has 17 heavy (non-hydrogen) atoms. The Kier molecular flexibility index (Phi) is 6.20. The molecule has 0 aromatic heterocycles. The van der Waals surface area contributed by atoms with Gasteiger partial charge in [0.2, 0.25) is 0 Å². The van der Waals surface area contributed by atoms with Gasteiger partial charge in [0, 0.05) is 9.61 Å². The largest absolute Gasteiger partial charge is 0.310 e. The van der Waals surface area contributed by atoms with Gasteiger partial charge in [-0.3, -0.25) is 0 Å². The number of aryl methyl sites for hydroxylation is 1. The van der Waals surface area contributed by atoms with Crippen molar-refractivity contribution in [2.75, 3.05) is 6.54 Å². The molecule has 1 aromatic rings. The molecule has 1 aromatic carbocycles. The lowest BCUT2D eigenvalue weighted by molar-refractivity contribution is 0.540. The van der Waals surface area contributed by atoms with Gasteiger partial charge in [-0.2, -0.15) is 0 Å². The minimum atomic E-state index is 0.402. The summed E-state index contributed by atoms with van der Waals surface area (Å²) in [5.41, 5.74) is 4.07. The average Bonchev–Trinajstić information content (AvgIpc) is 2.32. The third kappa shape index (κ3) is 4.11. The van der Waals surface area contributed by atoms with Crippen LogP contribution in [-0.2, 0) is 0 Å². The Morgan fingerprint density at radius 2 is 2.12 bits per heavy atom. The molecular formula is C15H22IN. The summed E-state index contributed by atoms with van der Waals surface area (Å²) in [6.45, 7) is 11.6. The molecular weight excluding hydrogens is 321 g/mol. The molecule has 0 aliphatic rings. The molecule has 0 fully saturated rings. The van der Waals surface area contributed by atoms with Crippen LogP contribution in [0, 0.1) is 10.5 Å². The Morgan fingerprint density at radius 1 is 1.41 bits per heavy atom. The third-order valence-electron chi connectivity index (χ3n) is 3.04. The van der Waals surface area contributed by atoms with Crippen LogP contribution in [0.15, 0.2) is 30.4 Å². The zero-order valence-corrected chi connectivity index (χ0v) is 13.2. The second-order valence-corrected chi connectivity index (χ2v) is 5.47. The normalized spacial score (nSPS) is 12.5. The van der Waals surface area contributed by atoms with E-state index >= 15 is 0 Å². The fourth-order valence-corrected chi connectivity index (χ4v) is 2.65. The summed E-state index contributed by atoms with van der Waals surface area (Å²) in [6, 6.07) is 6.94. The molecule has 1 atom stereocenters. The fourth-order valence-electron chi connectivity index (χ4n) is 1.91. The van der Waals surface area contributed by atoms with Crippen molar-refractivity contribution in [3.8, 4) is 0 Å². The molecule has 0 spiro atoms. The van der Waals surface area contributed by atoms with Crippen LogP contribution < -0.4 is 5.32 Å². The molecule has 94 valence electrons. The minimum absolute atomic E-state index is 0.402. The van der Waals surface area contributed by atoms with Crippen LogP contribution in [0.25, 0.3) is 0 Å². The van der Waals surface area contributed by atoms with Crippen molar-refractivity contribution in [2.45, 2.75) is 39.7 Å². The summed E-state index contributed by atoms with van der Waals surface area (Å²) >= 11 is 2.45. The van der Waals surface area contributed by atoms with Gasteiger partial charge in [-0.1, -0.05) is 44.2 Å². The van der Waals surface area contributed by atoms with Crippen molar-refractivity contribution in [3.05, 3.63) is 45.0 Å². The number of hydrogen-bond donors (Lipinski definition) is 1. The van der Waals surface area contributed by atoms with Crippen molar-refractivity contribution in [2.24, 2.45) is 0 Å². The Labute approximate surface area is 119 Å². The van der Waals surface area contributed by atoms with E-state index < -0.39 is 0 Å². The highest BCUT2D eigenvalue weighted by Gasteiger charge is 2.14. The Bertz CT molecular complexity index is 385. The van der Waals surface area contributed by atoms with Gasteiger partial charge in [0.05, 0.1) is 0 Å². The smallest absolute Gasteiger partial charge is 0.0368 e. The summed E-state index contributed by atoms with van der Waals surface area (Å²) in [5, 5.41) is 3.57. The van der Waals surface area contributed by atoms with Gasteiger partial charge < -0.3 is 5.32 Å². The Hall–Kier alpha value is -0.350. The van der Waals surface area contributed by atoms with E-state index in [0.29, 0.717) is 6.04 Å². The number of nitrogens with one attached hydrogen (secondary N) is 1. The van der Waals surface area contributed by atoms with E-state index in [1.54, 1.807) is 0 Å². The van der Waals surface area contributed by atoms with E-state index in [-0.39, 0.29) is 0 Å². The van der Waals surface area contributed by atoms with Gasteiger partial charge in [0.1, 0.15) is 0 Å². The summed E-state index contributed by atoms with van der Waals surface area (Å²) in [4.78, 5) is 0. The minimum Gasteiger partial charge on any atom is -0.310 e. The van der Waals surface area contributed by atoms with E-state index in [1.807, 2.05) is 0 Å². The quantitative estimate of drug-likeness (QED) is 0.588. The van der Waals surface area contributed by atoms with Crippen LogP contribution in [0.4, 0.5) is 0 Å². The van der Waals surface area contributed by atoms with Gasteiger partial charge in [0.25, 0.3) is 0 Å². The van der Waals surface area contributed by atoms with E-state index in [2.05, 4.69) is 73.5 Å². The highest BCUT2D eigenvalue weighted by atomic mass is 127. The van der Waals surface area contributed by atoms with Crippen LogP contribution >= 0.6 is 22.6 Å². The molecule has 0 saturated heterocycles. The van der Waals surface area contributed by atoms with Gasteiger partial charge in [-0.25, -0.2) is 0 Å². The second kappa shape index (κ2) is 7.17. The zero-order valence-electron chi connectivity index (χ0n) is 11.0. The average molecular weight is 343 g/mol. The Morgan fingerprint density at radius 3 is 2.71 bits per heavy atom. The zero-order chi connectivity index (χ0) is 12.8. The lowest BCUT2D eigenvalue weighted by Gasteiger charge is -2.21. The first-order valence-electron chi connectivity index (χ1n) is 6.25. The van der Waals surface area contributed by atoms with Gasteiger partial charge in [0.15, 0.2) is 0 Å². The predicted molar refractivity (Wildman–Crippen MR) is 84.4 cm³/mol. The van der Waals surface area contributed by atoms with Crippen molar-refractivity contribution < 1.29 is 0 Å². The summed E-state index contributed by atoms with van der Waals surface area (Å²) < 4.78 is 1.37. The van der Waals surface area contributed by atoms with Crippen LogP contribution in [0.5, 0.6) is 0 Å². The fraction of sp³-hybridized carbons (Fsp3) is 0.467. The number of hydrogen-bond acceptors (Lipinski definition) is 1. The highest BCUT2D eigenvalue weighted by Crippen LogP contribution is 2.27. The number of benzene rings is 1. The molecule has 0 bridgehead atoms. The first kappa shape index (κ1) is 14.7. The second-order valence-electron chi connectivity index (χ2n) is 4.40. The van der Waals surface area contributed by atoms with Crippen LogP contribution in [0.2, 0.25) is 0 Å². The summed E-state index contributed by atoms with van der Waals surface area (Å²) in [5.74, 6) is 0. The van der Waals surface area contributed by atoms with Crippen molar-refractivity contribution in [1.82, 2.24) is 5.32 Å². The summed E-state index contributed by atoms with van der Waals surface area (Å²) in [6.07, 6.45) is 2.09. The van der Waals surface area contributed by atoms with Gasteiger partial charge in [-0.15, -0.1) is 0 Å². The van der Waals surface area contributed by atoms with Gasteiger partial charge in [-0.05, 0) is 60.0 Å². The van der Waals surface area contributed by atoms with Gasteiger partial charge >= 0.3 is 0 Å². The maximum atomic E-state index is 4.13. The van der Waals surface area contributed by atoms with Crippen LogP contribution in [0.3, 0.4) is 0 Å². The molecule has 1 unspecified atom stereocenters. The van der Waals surface area contributed by atoms with Crippen LogP contribution in [0.1, 0.15) is 43.9 Å². The molecule has 0 saturated carbocycles. The first-order chi connectivity index (χ1) is 8.10. The van der Waals surface area contributed by atoms with E-state index in [0.717, 1.165) is 19.4 Å². The molecule has 1 nitrogen and oxygen atoms in total. The molecule has 1 N–H and O–H groups in total. The highest BCUT2D eigenvalue weighted by molar-refractivity contribution is 14.1. The topological polar surface area (TPSA) is 12.0 Å². The first-order valence-corrected chi connectivity index (χ1v) is 7.33. The lowest BCUT2D eigenvalue weighted by Crippen LogP contribution is -2.22. The third-order valence-corrected chi connectivity index (χ3v) is 4.51. The lowest BCUT2D eigenvalue weighted by atomic mass is 9.97. The number of halogens is 1. The van der Waals surface area contributed by atoms with E-state index in [1.165, 1.54) is 20.3 Å². The van der Waals surface area contributed by atoms with Crippen molar-refractivity contribution >= 4 is 22.6 Å². The molecule has 1 rings (SSSR count). The summed E-state index contributed by atoms with van der Waals surface area (Å²) in [7, 11) is 0. The molecule has 0 heterocycles. The molecule has 0 aliphatic heterocycles. The molecule has 0 aliphatic carbocycles. The standard InChI is InChI=1S/C15H22IN/c1-5-11(3)10-14(17-6-2)13-9-7-8-12(4)15(13)16/h7-9,14,17H,3,5-6,10H2,1-2,4H3. The monoisotopic (exact) mass is 343 g/mol. The van der Waals surface area contributed by atoms with E-state index in [4.69, 9.17) is 0 Å². The van der Waals surface area contributed by atoms with Crippen molar-refractivity contribution in [3.63, 3.8) is 0 Å². The van der Waals surface area contributed by atoms with Crippen molar-refractivity contribution in [1.29, 1.82) is 0 Å². The van der Waals surface area contributed by atoms with E-state index in [9.17, 15) is 0 Å². The maximum Gasteiger partial charge on any atom is 0.0368 e. The SMILES string of the molecule is C=C(CC)CC(NCC)c1cccc(C)c1I. The maximum absolute atomic E-state index is 4.13. The van der Waals surface area contributed by atoms with Crippen LogP contribution in [-0.4, -0.2) is 6.54 Å². The number of rotatable bonds is 6. The molecule has 2 heteroatoms.